The summed E-state index contributed by atoms with van der Waals surface area (Å²) in [5, 5.41) is 3.61. The molecule has 1 aliphatic heterocycles. The van der Waals surface area contributed by atoms with E-state index < -0.39 is 0 Å². The van der Waals surface area contributed by atoms with Crippen LogP contribution in [0.15, 0.2) is 18.2 Å². The maximum atomic E-state index is 3.61. The molecule has 1 heterocycles. The van der Waals surface area contributed by atoms with Crippen molar-refractivity contribution in [2.45, 2.75) is 45.6 Å². The van der Waals surface area contributed by atoms with Crippen LogP contribution in [0.4, 0.5) is 0 Å². The monoisotopic (exact) mass is 203 g/mol. The number of rotatable bonds is 2. The lowest BCUT2D eigenvalue weighted by Gasteiger charge is -2.22. The van der Waals surface area contributed by atoms with Crippen LogP contribution in [-0.4, -0.2) is 12.6 Å². The molecule has 2 atom stereocenters. The van der Waals surface area contributed by atoms with Crippen LogP contribution in [-0.2, 0) is 0 Å². The van der Waals surface area contributed by atoms with Gasteiger partial charge in [-0.25, -0.2) is 0 Å². The molecule has 0 saturated carbocycles. The SMILES string of the molecule is CCC1NCCC1c1c(C)cccc1C. The fourth-order valence-corrected chi connectivity index (χ4v) is 2.95. The minimum absolute atomic E-state index is 0.685. The first kappa shape index (κ1) is 10.7. The Kier molecular flexibility index (Phi) is 3.11. The zero-order valence-electron chi connectivity index (χ0n) is 10.0. The summed E-state index contributed by atoms with van der Waals surface area (Å²) in [6, 6.07) is 7.34. The summed E-state index contributed by atoms with van der Waals surface area (Å²) in [6.07, 6.45) is 2.53. The van der Waals surface area contributed by atoms with Crippen molar-refractivity contribution in [1.82, 2.24) is 5.32 Å². The van der Waals surface area contributed by atoms with Crippen molar-refractivity contribution in [3.8, 4) is 0 Å². The summed E-state index contributed by atoms with van der Waals surface area (Å²) in [5.41, 5.74) is 4.51. The standard InChI is InChI=1S/C14H21N/c1-4-13-12(8-9-15-13)14-10(2)6-5-7-11(14)3/h5-7,12-13,15H,4,8-9H2,1-3H3. The van der Waals surface area contributed by atoms with Crippen molar-refractivity contribution in [2.24, 2.45) is 0 Å². The van der Waals surface area contributed by atoms with E-state index in [4.69, 9.17) is 0 Å². The first-order valence-electron chi connectivity index (χ1n) is 6.03. The van der Waals surface area contributed by atoms with Crippen LogP contribution in [0.25, 0.3) is 0 Å². The van der Waals surface area contributed by atoms with Gasteiger partial charge in [-0.05, 0) is 49.9 Å². The largest absolute Gasteiger partial charge is 0.313 e. The molecule has 0 radical (unpaired) electrons. The Balaban J connectivity index is 2.36. The summed E-state index contributed by atoms with van der Waals surface area (Å²) >= 11 is 0. The predicted octanol–water partition coefficient (Wildman–Crippen LogP) is 3.16. The van der Waals surface area contributed by atoms with Crippen molar-refractivity contribution in [2.75, 3.05) is 6.54 Å². The average Bonchev–Trinajstić information content (AvgIpc) is 2.65. The second-order valence-electron chi connectivity index (χ2n) is 4.67. The first-order chi connectivity index (χ1) is 7.24. The smallest absolute Gasteiger partial charge is 0.0134 e. The van der Waals surface area contributed by atoms with E-state index in [2.05, 4.69) is 44.3 Å². The normalized spacial score (nSPS) is 25.8. The van der Waals surface area contributed by atoms with Gasteiger partial charge in [0.05, 0.1) is 0 Å². The van der Waals surface area contributed by atoms with Crippen LogP contribution in [0.5, 0.6) is 0 Å². The third-order valence-electron chi connectivity index (χ3n) is 3.70. The van der Waals surface area contributed by atoms with Crippen LogP contribution in [0.1, 0.15) is 42.4 Å². The summed E-state index contributed by atoms with van der Waals surface area (Å²) < 4.78 is 0. The average molecular weight is 203 g/mol. The van der Waals surface area contributed by atoms with Gasteiger partial charge in [-0.3, -0.25) is 0 Å². The molecule has 1 aliphatic rings. The third kappa shape index (κ3) is 1.93. The van der Waals surface area contributed by atoms with E-state index in [9.17, 15) is 0 Å². The topological polar surface area (TPSA) is 12.0 Å². The first-order valence-corrected chi connectivity index (χ1v) is 6.03. The number of nitrogens with one attached hydrogen (secondary N) is 1. The van der Waals surface area contributed by atoms with Gasteiger partial charge in [-0.1, -0.05) is 25.1 Å². The second-order valence-corrected chi connectivity index (χ2v) is 4.67. The van der Waals surface area contributed by atoms with Gasteiger partial charge in [0.25, 0.3) is 0 Å². The van der Waals surface area contributed by atoms with Crippen LogP contribution < -0.4 is 5.32 Å². The van der Waals surface area contributed by atoms with Crippen LogP contribution in [0.3, 0.4) is 0 Å². The van der Waals surface area contributed by atoms with E-state index in [-0.39, 0.29) is 0 Å². The molecule has 0 amide bonds. The van der Waals surface area contributed by atoms with E-state index in [0.29, 0.717) is 6.04 Å². The van der Waals surface area contributed by atoms with Crippen LogP contribution >= 0.6 is 0 Å². The molecule has 1 N–H and O–H groups in total. The highest BCUT2D eigenvalue weighted by molar-refractivity contribution is 5.38. The van der Waals surface area contributed by atoms with Gasteiger partial charge in [0.1, 0.15) is 0 Å². The summed E-state index contributed by atoms with van der Waals surface area (Å²) in [6.45, 7) is 7.95. The van der Waals surface area contributed by atoms with E-state index >= 15 is 0 Å². The number of aryl methyl sites for hydroxylation is 2. The third-order valence-corrected chi connectivity index (χ3v) is 3.70. The Bertz CT molecular complexity index is 323. The summed E-state index contributed by atoms with van der Waals surface area (Å²) in [7, 11) is 0. The molecule has 1 fully saturated rings. The van der Waals surface area contributed by atoms with Crippen molar-refractivity contribution in [3.63, 3.8) is 0 Å². The minimum atomic E-state index is 0.685. The molecule has 0 bridgehead atoms. The molecule has 1 saturated heterocycles. The van der Waals surface area contributed by atoms with Crippen LogP contribution in [0.2, 0.25) is 0 Å². The molecule has 2 unspecified atom stereocenters. The molecule has 0 aromatic heterocycles. The zero-order chi connectivity index (χ0) is 10.8. The Morgan fingerprint density at radius 1 is 1.27 bits per heavy atom. The van der Waals surface area contributed by atoms with E-state index in [1.807, 2.05) is 0 Å². The molecule has 1 aromatic carbocycles. The highest BCUT2D eigenvalue weighted by Gasteiger charge is 2.28. The van der Waals surface area contributed by atoms with Gasteiger partial charge in [0.2, 0.25) is 0 Å². The highest BCUT2D eigenvalue weighted by atomic mass is 14.9. The lowest BCUT2D eigenvalue weighted by atomic mass is 9.85. The molecule has 1 nitrogen and oxygen atoms in total. The van der Waals surface area contributed by atoms with Gasteiger partial charge in [0.15, 0.2) is 0 Å². The second kappa shape index (κ2) is 4.36. The highest BCUT2D eigenvalue weighted by Crippen LogP contribution is 2.33. The molecule has 0 aliphatic carbocycles. The zero-order valence-corrected chi connectivity index (χ0v) is 10.0. The Hall–Kier alpha value is -0.820. The quantitative estimate of drug-likeness (QED) is 0.778. The predicted molar refractivity (Wildman–Crippen MR) is 65.4 cm³/mol. The number of benzene rings is 1. The maximum Gasteiger partial charge on any atom is 0.0134 e. The molecule has 0 spiro atoms. The van der Waals surface area contributed by atoms with E-state index in [1.165, 1.54) is 30.5 Å². The van der Waals surface area contributed by atoms with Crippen molar-refractivity contribution in [3.05, 3.63) is 34.9 Å². The molecule has 1 heteroatoms. The lowest BCUT2D eigenvalue weighted by Crippen LogP contribution is -2.25. The number of hydrogen-bond donors (Lipinski definition) is 1. The molecule has 15 heavy (non-hydrogen) atoms. The van der Waals surface area contributed by atoms with Crippen LogP contribution in [0, 0.1) is 13.8 Å². The molecular formula is C14H21N. The maximum absolute atomic E-state index is 3.61. The van der Waals surface area contributed by atoms with Gasteiger partial charge in [0, 0.05) is 12.0 Å². The number of hydrogen-bond acceptors (Lipinski definition) is 1. The molecule has 82 valence electrons. The van der Waals surface area contributed by atoms with Gasteiger partial charge < -0.3 is 5.32 Å². The fourth-order valence-electron chi connectivity index (χ4n) is 2.95. The molecule has 2 rings (SSSR count). The Labute approximate surface area is 92.9 Å². The molecular weight excluding hydrogens is 182 g/mol. The van der Waals surface area contributed by atoms with Gasteiger partial charge >= 0.3 is 0 Å². The summed E-state index contributed by atoms with van der Waals surface area (Å²) in [4.78, 5) is 0. The van der Waals surface area contributed by atoms with E-state index in [1.54, 1.807) is 5.56 Å². The van der Waals surface area contributed by atoms with E-state index in [0.717, 1.165) is 5.92 Å². The van der Waals surface area contributed by atoms with Gasteiger partial charge in [-0.2, -0.15) is 0 Å². The van der Waals surface area contributed by atoms with Crippen molar-refractivity contribution >= 4 is 0 Å². The molecule has 1 aromatic rings. The minimum Gasteiger partial charge on any atom is -0.313 e. The lowest BCUT2D eigenvalue weighted by molar-refractivity contribution is 0.528. The fraction of sp³-hybridized carbons (Fsp3) is 0.571. The Morgan fingerprint density at radius 2 is 1.93 bits per heavy atom. The Morgan fingerprint density at radius 3 is 2.53 bits per heavy atom. The van der Waals surface area contributed by atoms with Crippen molar-refractivity contribution in [1.29, 1.82) is 0 Å². The summed E-state index contributed by atoms with van der Waals surface area (Å²) in [5.74, 6) is 0.733. The van der Waals surface area contributed by atoms with Gasteiger partial charge in [-0.15, -0.1) is 0 Å². The van der Waals surface area contributed by atoms with Crippen molar-refractivity contribution < 1.29 is 0 Å².